The largest absolute Gasteiger partial charge is 0.204 e. The molecule has 4 rings (SSSR count). The Hall–Kier alpha value is -2.66. The van der Waals surface area contributed by atoms with Crippen molar-refractivity contribution in [1.29, 1.82) is 0 Å². The molecular formula is C25H22F2. The van der Waals surface area contributed by atoms with Gasteiger partial charge in [0.05, 0.1) is 0 Å². The second-order valence-electron chi connectivity index (χ2n) is 7.63. The first-order valence-electron chi connectivity index (χ1n) is 9.60. The summed E-state index contributed by atoms with van der Waals surface area (Å²) in [5.41, 5.74) is 3.17. The van der Waals surface area contributed by atoms with Crippen molar-refractivity contribution in [2.75, 3.05) is 0 Å². The fourth-order valence-corrected chi connectivity index (χ4v) is 3.92. The standard InChI is InChI=1S/C25H22F2/c1-17-2-9-20(10-3-17)21-11-6-18(7-12-21)4-5-19-8-14-23-22(16-19)13-15-24(26)25(23)27/h6-8,11-17,20H,2-3,9-10H2,1H3. The molecule has 0 unspecified atom stereocenters. The van der Waals surface area contributed by atoms with E-state index in [4.69, 9.17) is 0 Å². The molecule has 0 atom stereocenters. The Morgan fingerprint density at radius 3 is 2.19 bits per heavy atom. The Labute approximate surface area is 159 Å². The molecule has 0 spiro atoms. The number of hydrogen-bond acceptors (Lipinski definition) is 0. The molecule has 0 aliphatic heterocycles. The van der Waals surface area contributed by atoms with Gasteiger partial charge in [0.25, 0.3) is 0 Å². The van der Waals surface area contributed by atoms with Gasteiger partial charge in [-0.2, -0.15) is 0 Å². The number of hydrogen-bond donors (Lipinski definition) is 0. The summed E-state index contributed by atoms with van der Waals surface area (Å²) in [6.45, 7) is 2.34. The van der Waals surface area contributed by atoms with Crippen molar-refractivity contribution < 1.29 is 8.78 Å². The Balaban J connectivity index is 1.52. The summed E-state index contributed by atoms with van der Waals surface area (Å²) in [6.07, 6.45) is 5.19. The normalized spacial score (nSPS) is 19.5. The topological polar surface area (TPSA) is 0 Å². The zero-order valence-corrected chi connectivity index (χ0v) is 15.4. The summed E-state index contributed by atoms with van der Waals surface area (Å²) in [7, 11) is 0. The van der Waals surface area contributed by atoms with Gasteiger partial charge in [0, 0.05) is 16.5 Å². The van der Waals surface area contributed by atoms with Crippen LogP contribution in [0.15, 0.2) is 54.6 Å². The van der Waals surface area contributed by atoms with Crippen LogP contribution in [-0.4, -0.2) is 0 Å². The van der Waals surface area contributed by atoms with Crippen LogP contribution >= 0.6 is 0 Å². The molecule has 0 heterocycles. The average Bonchev–Trinajstić information content (AvgIpc) is 2.70. The van der Waals surface area contributed by atoms with Crippen LogP contribution in [-0.2, 0) is 0 Å². The molecule has 0 radical (unpaired) electrons. The van der Waals surface area contributed by atoms with Crippen molar-refractivity contribution in [2.24, 2.45) is 5.92 Å². The third-order valence-electron chi connectivity index (χ3n) is 5.66. The molecule has 1 aliphatic rings. The van der Waals surface area contributed by atoms with Gasteiger partial charge in [0.15, 0.2) is 11.6 Å². The molecule has 136 valence electrons. The van der Waals surface area contributed by atoms with E-state index in [-0.39, 0.29) is 5.39 Å². The third kappa shape index (κ3) is 3.88. The minimum absolute atomic E-state index is 0.284. The van der Waals surface area contributed by atoms with Crippen LogP contribution in [0.5, 0.6) is 0 Å². The summed E-state index contributed by atoms with van der Waals surface area (Å²) in [6, 6.07) is 16.4. The van der Waals surface area contributed by atoms with E-state index in [0.29, 0.717) is 11.3 Å². The Bertz CT molecular complexity index is 1010. The van der Waals surface area contributed by atoms with E-state index in [1.165, 1.54) is 31.2 Å². The lowest BCUT2D eigenvalue weighted by atomic mass is 9.79. The van der Waals surface area contributed by atoms with Crippen LogP contribution in [0.3, 0.4) is 0 Å². The summed E-state index contributed by atoms with van der Waals surface area (Å²) < 4.78 is 27.1. The molecule has 0 aromatic heterocycles. The van der Waals surface area contributed by atoms with E-state index in [1.807, 2.05) is 0 Å². The molecule has 0 amide bonds. The number of rotatable bonds is 1. The molecule has 0 saturated heterocycles. The maximum atomic E-state index is 13.8. The molecular weight excluding hydrogens is 338 g/mol. The molecule has 3 aromatic carbocycles. The molecule has 1 fully saturated rings. The molecule has 1 aliphatic carbocycles. The Kier molecular flexibility index (Phi) is 4.94. The molecule has 1 saturated carbocycles. The zero-order valence-electron chi connectivity index (χ0n) is 15.4. The van der Waals surface area contributed by atoms with E-state index in [0.717, 1.165) is 23.1 Å². The first-order chi connectivity index (χ1) is 13.1. The second-order valence-corrected chi connectivity index (χ2v) is 7.63. The van der Waals surface area contributed by atoms with Gasteiger partial charge in [-0.15, -0.1) is 0 Å². The zero-order chi connectivity index (χ0) is 18.8. The highest BCUT2D eigenvalue weighted by Crippen LogP contribution is 2.35. The Morgan fingerprint density at radius 1 is 0.778 bits per heavy atom. The lowest BCUT2D eigenvalue weighted by Crippen LogP contribution is -2.10. The second kappa shape index (κ2) is 7.53. The van der Waals surface area contributed by atoms with Crippen LogP contribution in [0.25, 0.3) is 10.8 Å². The summed E-state index contributed by atoms with van der Waals surface area (Å²) in [5.74, 6) is 6.20. The lowest BCUT2D eigenvalue weighted by Gasteiger charge is -2.26. The minimum atomic E-state index is -0.825. The van der Waals surface area contributed by atoms with E-state index in [2.05, 4.69) is 43.0 Å². The quantitative estimate of drug-likeness (QED) is 0.418. The van der Waals surface area contributed by atoms with Crippen molar-refractivity contribution in [3.63, 3.8) is 0 Å². The van der Waals surface area contributed by atoms with Crippen LogP contribution in [0.2, 0.25) is 0 Å². The maximum Gasteiger partial charge on any atom is 0.166 e. The van der Waals surface area contributed by atoms with Gasteiger partial charge < -0.3 is 0 Å². The summed E-state index contributed by atoms with van der Waals surface area (Å²) in [5, 5.41) is 0.939. The van der Waals surface area contributed by atoms with E-state index in [9.17, 15) is 8.78 Å². The fourth-order valence-electron chi connectivity index (χ4n) is 3.92. The summed E-state index contributed by atoms with van der Waals surface area (Å²) in [4.78, 5) is 0. The van der Waals surface area contributed by atoms with Crippen molar-refractivity contribution in [3.8, 4) is 11.8 Å². The highest BCUT2D eigenvalue weighted by atomic mass is 19.2. The van der Waals surface area contributed by atoms with Gasteiger partial charge in [0.1, 0.15) is 0 Å². The predicted molar refractivity (Wildman–Crippen MR) is 107 cm³/mol. The van der Waals surface area contributed by atoms with Crippen LogP contribution in [0, 0.1) is 29.4 Å². The third-order valence-corrected chi connectivity index (χ3v) is 5.66. The molecule has 0 bridgehead atoms. The first kappa shape index (κ1) is 17.7. The first-order valence-corrected chi connectivity index (χ1v) is 9.60. The predicted octanol–water partition coefficient (Wildman–Crippen LogP) is 6.81. The number of fused-ring (bicyclic) bond motifs is 1. The minimum Gasteiger partial charge on any atom is -0.204 e. The SMILES string of the molecule is CC1CCC(c2ccc(C#Cc3ccc4c(F)c(F)ccc4c3)cc2)CC1. The maximum absolute atomic E-state index is 13.8. The van der Waals surface area contributed by atoms with Crippen molar-refractivity contribution in [2.45, 2.75) is 38.5 Å². The monoisotopic (exact) mass is 360 g/mol. The van der Waals surface area contributed by atoms with Crippen molar-refractivity contribution >= 4 is 10.8 Å². The van der Waals surface area contributed by atoms with Gasteiger partial charge in [-0.05, 0) is 66.0 Å². The van der Waals surface area contributed by atoms with Gasteiger partial charge in [-0.1, -0.05) is 55.9 Å². The molecule has 2 heteroatoms. The number of benzene rings is 3. The fraction of sp³-hybridized carbons (Fsp3) is 0.280. The molecule has 0 nitrogen and oxygen atoms in total. The van der Waals surface area contributed by atoms with Crippen molar-refractivity contribution in [3.05, 3.63) is 82.9 Å². The lowest BCUT2D eigenvalue weighted by molar-refractivity contribution is 0.348. The molecule has 0 N–H and O–H groups in total. The van der Waals surface area contributed by atoms with Gasteiger partial charge >= 0.3 is 0 Å². The smallest absolute Gasteiger partial charge is 0.166 e. The van der Waals surface area contributed by atoms with E-state index >= 15 is 0 Å². The average molecular weight is 360 g/mol. The van der Waals surface area contributed by atoms with Crippen molar-refractivity contribution in [1.82, 2.24) is 0 Å². The van der Waals surface area contributed by atoms with Crippen LogP contribution in [0.4, 0.5) is 8.78 Å². The Morgan fingerprint density at radius 2 is 1.44 bits per heavy atom. The molecule has 3 aromatic rings. The summed E-state index contributed by atoms with van der Waals surface area (Å²) >= 11 is 0. The molecule has 27 heavy (non-hydrogen) atoms. The van der Waals surface area contributed by atoms with Gasteiger partial charge in [-0.25, -0.2) is 8.78 Å². The van der Waals surface area contributed by atoms with Gasteiger partial charge in [0.2, 0.25) is 0 Å². The highest BCUT2D eigenvalue weighted by molar-refractivity contribution is 5.84. The van der Waals surface area contributed by atoms with Gasteiger partial charge in [-0.3, -0.25) is 0 Å². The van der Waals surface area contributed by atoms with Crippen LogP contribution < -0.4 is 0 Å². The number of halogens is 2. The van der Waals surface area contributed by atoms with E-state index in [1.54, 1.807) is 24.3 Å². The van der Waals surface area contributed by atoms with E-state index < -0.39 is 11.6 Å². The highest BCUT2D eigenvalue weighted by Gasteiger charge is 2.19. The van der Waals surface area contributed by atoms with Crippen LogP contribution in [0.1, 0.15) is 55.2 Å².